The van der Waals surface area contributed by atoms with Crippen molar-refractivity contribution in [2.24, 2.45) is 0 Å². The molecular formula is C18H22S. The molecule has 19 heavy (non-hydrogen) atoms. The van der Waals surface area contributed by atoms with Crippen LogP contribution in [0.4, 0.5) is 0 Å². The van der Waals surface area contributed by atoms with Gasteiger partial charge < -0.3 is 0 Å². The molecule has 0 bridgehead atoms. The van der Waals surface area contributed by atoms with Crippen LogP contribution in [0.3, 0.4) is 0 Å². The Morgan fingerprint density at radius 3 is 2.47 bits per heavy atom. The molecule has 0 nitrogen and oxygen atoms in total. The van der Waals surface area contributed by atoms with Crippen molar-refractivity contribution in [2.75, 3.05) is 0 Å². The fourth-order valence-corrected chi connectivity index (χ4v) is 3.25. The monoisotopic (exact) mass is 270 g/mol. The lowest BCUT2D eigenvalue weighted by atomic mass is 10.1. The van der Waals surface area contributed by atoms with Gasteiger partial charge in [-0.2, -0.15) is 0 Å². The molecule has 0 spiro atoms. The second-order valence-electron chi connectivity index (χ2n) is 5.08. The van der Waals surface area contributed by atoms with Crippen molar-refractivity contribution in [3.05, 3.63) is 59.2 Å². The Labute approximate surface area is 121 Å². The molecule has 0 saturated heterocycles. The van der Waals surface area contributed by atoms with Gasteiger partial charge in [-0.25, -0.2) is 0 Å². The Morgan fingerprint density at radius 1 is 0.947 bits per heavy atom. The summed E-state index contributed by atoms with van der Waals surface area (Å²) in [6.45, 7) is 6.60. The number of hydrogen-bond donors (Lipinski definition) is 0. The van der Waals surface area contributed by atoms with Gasteiger partial charge in [0.05, 0.1) is 0 Å². The Morgan fingerprint density at radius 2 is 1.74 bits per heavy atom. The van der Waals surface area contributed by atoms with Gasteiger partial charge in [0, 0.05) is 9.79 Å². The summed E-state index contributed by atoms with van der Waals surface area (Å²) in [5.41, 5.74) is 4.19. The Bertz CT molecular complexity index is 543. The summed E-state index contributed by atoms with van der Waals surface area (Å²) in [5, 5.41) is 0. The van der Waals surface area contributed by atoms with E-state index in [4.69, 9.17) is 0 Å². The first-order valence-electron chi connectivity index (χ1n) is 7.03. The molecule has 100 valence electrons. The lowest BCUT2D eigenvalue weighted by Crippen LogP contribution is -1.89. The van der Waals surface area contributed by atoms with E-state index in [0.29, 0.717) is 0 Å². The zero-order valence-corrected chi connectivity index (χ0v) is 12.9. The average molecular weight is 270 g/mol. The minimum absolute atomic E-state index is 1.19. The van der Waals surface area contributed by atoms with Crippen LogP contribution < -0.4 is 0 Å². The van der Waals surface area contributed by atoms with Crippen LogP contribution in [-0.4, -0.2) is 0 Å². The maximum atomic E-state index is 2.27. The summed E-state index contributed by atoms with van der Waals surface area (Å²) in [5.74, 6) is 0. The summed E-state index contributed by atoms with van der Waals surface area (Å²) in [7, 11) is 0. The van der Waals surface area contributed by atoms with E-state index < -0.39 is 0 Å². The molecule has 0 radical (unpaired) electrons. The fraction of sp³-hybridized carbons (Fsp3) is 0.333. The van der Waals surface area contributed by atoms with Gasteiger partial charge in [0.1, 0.15) is 0 Å². The predicted octanol–water partition coefficient (Wildman–Crippen LogP) is 5.80. The van der Waals surface area contributed by atoms with Crippen LogP contribution in [-0.2, 0) is 6.42 Å². The maximum absolute atomic E-state index is 2.27. The molecule has 0 heterocycles. The van der Waals surface area contributed by atoms with E-state index in [2.05, 4.69) is 63.2 Å². The standard InChI is InChI=1S/C18H22S/c1-4-5-8-16-9-6-7-10-18(16)19-17-12-11-14(2)13-15(17)3/h6-7,9-13H,4-5,8H2,1-3H3. The van der Waals surface area contributed by atoms with Crippen molar-refractivity contribution >= 4 is 11.8 Å². The Hall–Kier alpha value is -1.21. The Kier molecular flexibility index (Phi) is 5.09. The van der Waals surface area contributed by atoms with Crippen LogP contribution >= 0.6 is 11.8 Å². The average Bonchev–Trinajstić information content (AvgIpc) is 2.41. The summed E-state index contributed by atoms with van der Waals surface area (Å²) < 4.78 is 0. The highest BCUT2D eigenvalue weighted by molar-refractivity contribution is 7.99. The van der Waals surface area contributed by atoms with E-state index in [1.54, 1.807) is 0 Å². The molecule has 0 aliphatic carbocycles. The number of aryl methyl sites for hydroxylation is 3. The van der Waals surface area contributed by atoms with Crippen LogP contribution in [0, 0.1) is 13.8 Å². The van der Waals surface area contributed by atoms with Crippen LogP contribution in [0.15, 0.2) is 52.3 Å². The highest BCUT2D eigenvalue weighted by atomic mass is 32.2. The highest BCUT2D eigenvalue weighted by Gasteiger charge is 2.05. The zero-order chi connectivity index (χ0) is 13.7. The van der Waals surface area contributed by atoms with Crippen LogP contribution in [0.1, 0.15) is 36.5 Å². The largest absolute Gasteiger partial charge is 0.0895 e. The van der Waals surface area contributed by atoms with Gasteiger partial charge in [-0.3, -0.25) is 0 Å². The second kappa shape index (κ2) is 6.81. The molecule has 0 fully saturated rings. The quantitative estimate of drug-likeness (QED) is 0.662. The lowest BCUT2D eigenvalue weighted by Gasteiger charge is -2.11. The third kappa shape index (κ3) is 3.87. The Balaban J connectivity index is 2.22. The van der Waals surface area contributed by atoms with Gasteiger partial charge in [-0.05, 0) is 49.9 Å². The molecule has 0 aromatic heterocycles. The first-order valence-corrected chi connectivity index (χ1v) is 7.85. The number of unbranched alkanes of at least 4 members (excludes halogenated alkanes) is 1. The maximum Gasteiger partial charge on any atom is 0.0154 e. The van der Waals surface area contributed by atoms with Crippen LogP contribution in [0.25, 0.3) is 0 Å². The third-order valence-corrected chi connectivity index (χ3v) is 4.62. The van der Waals surface area contributed by atoms with Gasteiger partial charge in [-0.15, -0.1) is 0 Å². The first kappa shape index (κ1) is 14.2. The number of benzene rings is 2. The van der Waals surface area contributed by atoms with E-state index in [9.17, 15) is 0 Å². The molecule has 2 rings (SSSR count). The molecule has 0 N–H and O–H groups in total. The van der Waals surface area contributed by atoms with Gasteiger partial charge >= 0.3 is 0 Å². The number of hydrogen-bond acceptors (Lipinski definition) is 1. The molecule has 0 amide bonds. The van der Waals surface area contributed by atoms with E-state index in [1.807, 2.05) is 11.8 Å². The molecule has 0 atom stereocenters. The summed E-state index contributed by atoms with van der Waals surface area (Å²) in [4.78, 5) is 2.78. The fourth-order valence-electron chi connectivity index (χ4n) is 2.21. The molecule has 0 unspecified atom stereocenters. The van der Waals surface area contributed by atoms with E-state index >= 15 is 0 Å². The van der Waals surface area contributed by atoms with Crippen molar-refractivity contribution in [3.63, 3.8) is 0 Å². The van der Waals surface area contributed by atoms with E-state index in [1.165, 1.54) is 45.7 Å². The smallest absolute Gasteiger partial charge is 0.0154 e. The van der Waals surface area contributed by atoms with Crippen molar-refractivity contribution in [2.45, 2.75) is 49.8 Å². The van der Waals surface area contributed by atoms with Gasteiger partial charge in [0.15, 0.2) is 0 Å². The van der Waals surface area contributed by atoms with Crippen LogP contribution in [0.5, 0.6) is 0 Å². The predicted molar refractivity (Wildman–Crippen MR) is 85.1 cm³/mol. The molecule has 2 aromatic rings. The zero-order valence-electron chi connectivity index (χ0n) is 12.1. The molecule has 1 heteroatoms. The molecule has 0 saturated carbocycles. The molecule has 0 aliphatic heterocycles. The van der Waals surface area contributed by atoms with Gasteiger partial charge in [-0.1, -0.05) is 61.0 Å². The van der Waals surface area contributed by atoms with Gasteiger partial charge in [0.25, 0.3) is 0 Å². The van der Waals surface area contributed by atoms with E-state index in [-0.39, 0.29) is 0 Å². The van der Waals surface area contributed by atoms with E-state index in [0.717, 1.165) is 0 Å². The van der Waals surface area contributed by atoms with Crippen molar-refractivity contribution in [1.29, 1.82) is 0 Å². The SMILES string of the molecule is CCCCc1ccccc1Sc1ccc(C)cc1C. The normalized spacial score (nSPS) is 10.7. The number of rotatable bonds is 5. The van der Waals surface area contributed by atoms with Crippen molar-refractivity contribution in [3.8, 4) is 0 Å². The summed E-state index contributed by atoms with van der Waals surface area (Å²) in [6.07, 6.45) is 3.71. The summed E-state index contributed by atoms with van der Waals surface area (Å²) >= 11 is 1.90. The van der Waals surface area contributed by atoms with Crippen molar-refractivity contribution in [1.82, 2.24) is 0 Å². The lowest BCUT2D eigenvalue weighted by molar-refractivity contribution is 0.785. The second-order valence-corrected chi connectivity index (χ2v) is 6.17. The summed E-state index contributed by atoms with van der Waals surface area (Å²) in [6, 6.07) is 15.5. The third-order valence-electron chi connectivity index (χ3n) is 3.32. The topological polar surface area (TPSA) is 0 Å². The first-order chi connectivity index (χ1) is 9.20. The molecule has 0 aliphatic rings. The minimum atomic E-state index is 1.19. The molecular weight excluding hydrogens is 248 g/mol. The minimum Gasteiger partial charge on any atom is -0.0895 e. The van der Waals surface area contributed by atoms with Gasteiger partial charge in [0.2, 0.25) is 0 Å². The highest BCUT2D eigenvalue weighted by Crippen LogP contribution is 2.33. The van der Waals surface area contributed by atoms with Crippen molar-refractivity contribution < 1.29 is 0 Å². The molecule has 2 aromatic carbocycles. The van der Waals surface area contributed by atoms with Crippen LogP contribution in [0.2, 0.25) is 0 Å².